The fourth-order valence-corrected chi connectivity index (χ4v) is 6.63. The summed E-state index contributed by atoms with van der Waals surface area (Å²) in [5.74, 6) is 3.09. The van der Waals surface area contributed by atoms with Gasteiger partial charge in [0.15, 0.2) is 0 Å². The molecule has 1 aromatic heterocycles. The summed E-state index contributed by atoms with van der Waals surface area (Å²) >= 11 is 0. The van der Waals surface area contributed by atoms with E-state index in [4.69, 9.17) is 9.47 Å². The first kappa shape index (κ1) is 25.4. The summed E-state index contributed by atoms with van der Waals surface area (Å²) in [6, 6.07) is 54.6. The molecule has 0 unspecified atom stereocenters. The SMILES string of the molecule is c1ccc(-c2ccc3c(c2)Oc2ccccc2-c2ccccc2Oc2cccc(-c4cccc5c4[nH]c4ccccc45)c2-3)cc1. The zero-order chi connectivity index (χ0) is 29.7. The molecule has 0 aliphatic carbocycles. The van der Waals surface area contributed by atoms with Gasteiger partial charge >= 0.3 is 0 Å². The highest BCUT2D eigenvalue weighted by molar-refractivity contribution is 6.13. The summed E-state index contributed by atoms with van der Waals surface area (Å²) in [5, 5.41) is 2.40. The van der Waals surface area contributed by atoms with Crippen molar-refractivity contribution >= 4 is 21.8 Å². The molecule has 45 heavy (non-hydrogen) atoms. The van der Waals surface area contributed by atoms with E-state index in [0.717, 1.165) is 78.5 Å². The molecule has 8 aromatic rings. The van der Waals surface area contributed by atoms with Crippen molar-refractivity contribution in [3.05, 3.63) is 158 Å². The molecular formula is C42H27NO2. The van der Waals surface area contributed by atoms with E-state index in [9.17, 15) is 0 Å². The zero-order valence-corrected chi connectivity index (χ0v) is 24.3. The van der Waals surface area contributed by atoms with Crippen LogP contribution in [0.2, 0.25) is 0 Å². The molecule has 212 valence electrons. The second kappa shape index (κ2) is 10.3. The van der Waals surface area contributed by atoms with Crippen LogP contribution in [0.5, 0.6) is 23.0 Å². The average Bonchev–Trinajstić information content (AvgIpc) is 3.48. The molecular weight excluding hydrogens is 550 g/mol. The second-order valence-electron chi connectivity index (χ2n) is 11.4. The molecule has 1 aliphatic heterocycles. The molecule has 2 heterocycles. The van der Waals surface area contributed by atoms with E-state index in [-0.39, 0.29) is 0 Å². The number of hydrogen-bond acceptors (Lipinski definition) is 2. The number of aromatic amines is 1. The van der Waals surface area contributed by atoms with E-state index in [0.29, 0.717) is 0 Å². The third-order valence-corrected chi connectivity index (χ3v) is 8.72. The predicted octanol–water partition coefficient (Wildman–Crippen LogP) is 11.9. The molecule has 0 fully saturated rings. The molecule has 0 bridgehead atoms. The maximum absolute atomic E-state index is 6.96. The Morgan fingerprint density at radius 3 is 1.78 bits per heavy atom. The third-order valence-electron chi connectivity index (χ3n) is 8.72. The van der Waals surface area contributed by atoms with Gasteiger partial charge in [0.1, 0.15) is 23.0 Å². The minimum atomic E-state index is 0.768. The Kier molecular flexibility index (Phi) is 5.82. The molecule has 0 saturated carbocycles. The largest absolute Gasteiger partial charge is 0.456 e. The summed E-state index contributed by atoms with van der Waals surface area (Å²) in [4.78, 5) is 3.71. The van der Waals surface area contributed by atoms with Crippen molar-refractivity contribution in [2.24, 2.45) is 0 Å². The van der Waals surface area contributed by atoms with Crippen molar-refractivity contribution < 1.29 is 9.47 Å². The lowest BCUT2D eigenvalue weighted by Crippen LogP contribution is -1.99. The molecule has 3 heteroatoms. The van der Waals surface area contributed by atoms with Gasteiger partial charge < -0.3 is 14.5 Å². The Morgan fingerprint density at radius 1 is 0.356 bits per heavy atom. The number of nitrogens with one attached hydrogen (secondary N) is 1. The average molecular weight is 578 g/mol. The van der Waals surface area contributed by atoms with E-state index in [2.05, 4.69) is 120 Å². The quantitative estimate of drug-likeness (QED) is 0.222. The normalized spacial score (nSPS) is 11.9. The number of ether oxygens (including phenoxy) is 2. The Labute approximate surface area is 261 Å². The number of hydrogen-bond donors (Lipinski definition) is 1. The van der Waals surface area contributed by atoms with Gasteiger partial charge in [0.2, 0.25) is 0 Å². The van der Waals surface area contributed by atoms with Gasteiger partial charge in [0.05, 0.1) is 5.52 Å². The van der Waals surface area contributed by atoms with Gasteiger partial charge in [-0.3, -0.25) is 0 Å². The van der Waals surface area contributed by atoms with Gasteiger partial charge in [0, 0.05) is 44.1 Å². The van der Waals surface area contributed by atoms with Crippen molar-refractivity contribution in [3.8, 4) is 67.5 Å². The van der Waals surface area contributed by atoms with Crippen molar-refractivity contribution in [1.29, 1.82) is 0 Å². The summed E-state index contributed by atoms with van der Waals surface area (Å²) in [6.45, 7) is 0. The minimum Gasteiger partial charge on any atom is -0.456 e. The fraction of sp³-hybridized carbons (Fsp3) is 0. The number of aromatic nitrogens is 1. The van der Waals surface area contributed by atoms with E-state index in [1.807, 2.05) is 42.5 Å². The van der Waals surface area contributed by atoms with Crippen molar-refractivity contribution in [1.82, 2.24) is 4.98 Å². The summed E-state index contributed by atoms with van der Waals surface area (Å²) in [7, 11) is 0. The third kappa shape index (κ3) is 4.21. The maximum Gasteiger partial charge on any atom is 0.136 e. The van der Waals surface area contributed by atoms with Crippen molar-refractivity contribution in [2.45, 2.75) is 0 Å². The van der Waals surface area contributed by atoms with Gasteiger partial charge in [-0.25, -0.2) is 0 Å². The molecule has 0 radical (unpaired) electrons. The first-order chi connectivity index (χ1) is 22.3. The molecule has 7 aromatic carbocycles. The van der Waals surface area contributed by atoms with Crippen LogP contribution in [-0.4, -0.2) is 4.98 Å². The van der Waals surface area contributed by atoms with Crippen LogP contribution in [0.15, 0.2) is 158 Å². The number of rotatable bonds is 2. The number of benzene rings is 7. The monoisotopic (exact) mass is 577 g/mol. The maximum atomic E-state index is 6.96. The van der Waals surface area contributed by atoms with Crippen LogP contribution < -0.4 is 9.47 Å². The molecule has 9 rings (SSSR count). The van der Waals surface area contributed by atoms with Crippen LogP contribution in [0.25, 0.3) is 66.3 Å². The van der Waals surface area contributed by atoms with Crippen molar-refractivity contribution in [2.75, 3.05) is 0 Å². The van der Waals surface area contributed by atoms with Crippen molar-refractivity contribution in [3.63, 3.8) is 0 Å². The lowest BCUT2D eigenvalue weighted by atomic mass is 9.90. The van der Waals surface area contributed by atoms with Crippen LogP contribution in [0.4, 0.5) is 0 Å². The molecule has 0 atom stereocenters. The van der Waals surface area contributed by atoms with E-state index >= 15 is 0 Å². The van der Waals surface area contributed by atoms with Gasteiger partial charge in [0.25, 0.3) is 0 Å². The highest BCUT2D eigenvalue weighted by Crippen LogP contribution is 2.51. The topological polar surface area (TPSA) is 34.2 Å². The van der Waals surface area contributed by atoms with Crippen LogP contribution >= 0.6 is 0 Å². The molecule has 0 saturated heterocycles. The first-order valence-electron chi connectivity index (χ1n) is 15.2. The van der Waals surface area contributed by atoms with Gasteiger partial charge in [-0.15, -0.1) is 0 Å². The second-order valence-corrected chi connectivity index (χ2v) is 11.4. The highest BCUT2D eigenvalue weighted by Gasteiger charge is 2.24. The molecule has 3 nitrogen and oxygen atoms in total. The van der Waals surface area contributed by atoms with Crippen LogP contribution in [0.3, 0.4) is 0 Å². The fourth-order valence-electron chi connectivity index (χ4n) is 6.63. The Hall–Kier alpha value is -6.06. The lowest BCUT2D eigenvalue weighted by molar-refractivity contribution is 0.472. The molecule has 1 N–H and O–H groups in total. The van der Waals surface area contributed by atoms with Crippen LogP contribution in [0.1, 0.15) is 0 Å². The Balaban J connectivity index is 1.36. The Bertz CT molecular complexity index is 2390. The summed E-state index contributed by atoms with van der Waals surface area (Å²) < 4.78 is 13.9. The van der Waals surface area contributed by atoms with Gasteiger partial charge in [-0.05, 0) is 53.1 Å². The molecule has 1 aliphatic rings. The summed E-state index contributed by atoms with van der Waals surface area (Å²) in [5.41, 5.74) is 10.5. The highest BCUT2D eigenvalue weighted by atomic mass is 16.5. The standard InChI is InChI=1S/C42H27NO2/c1-2-12-27(13-3-1)28-24-25-35-40(26-28)45-38-22-9-6-16-31(38)30-15-5-8-21-37(30)44-39-23-11-17-32(41(35)39)34-19-10-18-33-29-14-4-7-20-36(29)43-42(33)34/h1-26,43H. The smallest absolute Gasteiger partial charge is 0.136 e. The minimum absolute atomic E-state index is 0.768. The first-order valence-corrected chi connectivity index (χ1v) is 15.2. The number of fused-ring (bicyclic) bond motifs is 9. The zero-order valence-electron chi connectivity index (χ0n) is 24.3. The molecule has 0 spiro atoms. The Morgan fingerprint density at radius 2 is 0.956 bits per heavy atom. The van der Waals surface area contributed by atoms with Crippen LogP contribution in [-0.2, 0) is 0 Å². The van der Waals surface area contributed by atoms with Crippen LogP contribution in [0, 0.1) is 0 Å². The molecule has 0 amide bonds. The lowest BCUT2D eigenvalue weighted by Gasteiger charge is -2.23. The van der Waals surface area contributed by atoms with E-state index in [1.54, 1.807) is 0 Å². The van der Waals surface area contributed by atoms with Gasteiger partial charge in [-0.2, -0.15) is 0 Å². The summed E-state index contributed by atoms with van der Waals surface area (Å²) in [6.07, 6.45) is 0. The number of para-hydroxylation sites is 4. The van der Waals surface area contributed by atoms with E-state index in [1.165, 1.54) is 10.8 Å². The number of H-pyrrole nitrogens is 1. The predicted molar refractivity (Wildman–Crippen MR) is 184 cm³/mol. The van der Waals surface area contributed by atoms with Gasteiger partial charge in [-0.1, -0.05) is 121 Å². The van der Waals surface area contributed by atoms with E-state index < -0.39 is 0 Å².